The van der Waals surface area contributed by atoms with E-state index in [-0.39, 0.29) is 5.91 Å². The summed E-state index contributed by atoms with van der Waals surface area (Å²) in [5.41, 5.74) is 2.03. The third kappa shape index (κ3) is 5.38. The Labute approximate surface area is 142 Å². The van der Waals surface area contributed by atoms with Crippen LogP contribution in [-0.2, 0) is 4.79 Å². The highest BCUT2D eigenvalue weighted by Gasteiger charge is 2.21. The molecule has 0 fully saturated rings. The number of nitrogens with one attached hydrogen (secondary N) is 3. The van der Waals surface area contributed by atoms with E-state index in [1.807, 2.05) is 75.4 Å². The summed E-state index contributed by atoms with van der Waals surface area (Å²) >= 11 is 5.30. The highest BCUT2D eigenvalue weighted by atomic mass is 32.1. The Kier molecular flexibility index (Phi) is 5.34. The molecule has 0 radical (unpaired) electrons. The quantitative estimate of drug-likeness (QED) is 0.728. The van der Waals surface area contributed by atoms with Gasteiger partial charge < -0.3 is 16.0 Å². The van der Waals surface area contributed by atoms with E-state index in [2.05, 4.69) is 16.0 Å². The van der Waals surface area contributed by atoms with E-state index in [4.69, 9.17) is 12.2 Å². The number of carbonyl (C=O) groups excluding carboxylic acids is 1. The smallest absolute Gasteiger partial charge is 0.229 e. The average Bonchev–Trinajstić information content (AvgIpc) is 2.47. The van der Waals surface area contributed by atoms with Gasteiger partial charge in [0, 0.05) is 22.5 Å². The fraction of sp³-hybridized carbons (Fsp3) is 0.222. The van der Waals surface area contributed by atoms with Gasteiger partial charge >= 0.3 is 0 Å². The molecular weight excluding hydrogens is 306 g/mol. The Morgan fingerprint density at radius 3 is 1.96 bits per heavy atom. The number of para-hydroxylation sites is 1. The molecule has 0 saturated carbocycles. The first kappa shape index (κ1) is 17.0. The number of hydrogen-bond acceptors (Lipinski definition) is 2. The summed E-state index contributed by atoms with van der Waals surface area (Å²) < 4.78 is 0. The van der Waals surface area contributed by atoms with Gasteiger partial charge in [0.1, 0.15) is 0 Å². The third-order valence-electron chi connectivity index (χ3n) is 3.09. The molecule has 0 heterocycles. The Hall–Kier alpha value is -2.40. The van der Waals surface area contributed by atoms with Gasteiger partial charge in [-0.15, -0.1) is 0 Å². The lowest BCUT2D eigenvalue weighted by molar-refractivity contribution is -0.123. The number of rotatable bonds is 3. The number of carbonyl (C=O) groups is 1. The van der Waals surface area contributed by atoms with E-state index in [0.29, 0.717) is 5.11 Å². The fourth-order valence-electron chi connectivity index (χ4n) is 1.81. The lowest BCUT2D eigenvalue weighted by Gasteiger charge is -2.18. The van der Waals surface area contributed by atoms with Crippen molar-refractivity contribution in [2.75, 3.05) is 16.0 Å². The van der Waals surface area contributed by atoms with E-state index >= 15 is 0 Å². The monoisotopic (exact) mass is 327 g/mol. The molecule has 1 amide bonds. The van der Waals surface area contributed by atoms with Crippen LogP contribution in [0.25, 0.3) is 0 Å². The summed E-state index contributed by atoms with van der Waals surface area (Å²) in [5, 5.41) is 9.62. The molecule has 0 aliphatic heterocycles. The van der Waals surface area contributed by atoms with Crippen molar-refractivity contribution in [1.29, 1.82) is 0 Å². The van der Waals surface area contributed by atoms with E-state index in [1.165, 1.54) is 0 Å². The van der Waals surface area contributed by atoms with Crippen molar-refractivity contribution in [3.8, 4) is 0 Å². The molecule has 120 valence electrons. The molecule has 0 atom stereocenters. The lowest BCUT2D eigenvalue weighted by Crippen LogP contribution is -2.27. The zero-order valence-corrected chi connectivity index (χ0v) is 14.3. The molecule has 5 heteroatoms. The second kappa shape index (κ2) is 7.24. The van der Waals surface area contributed by atoms with Crippen LogP contribution in [0.1, 0.15) is 20.8 Å². The number of thiocarbonyl (C=S) groups is 1. The van der Waals surface area contributed by atoms with Gasteiger partial charge in [-0.2, -0.15) is 0 Å². The van der Waals surface area contributed by atoms with Gasteiger partial charge in [-0.3, -0.25) is 4.79 Å². The Morgan fingerprint density at radius 2 is 1.35 bits per heavy atom. The predicted molar refractivity (Wildman–Crippen MR) is 101 cm³/mol. The molecule has 4 nitrogen and oxygen atoms in total. The number of amides is 1. The Bertz CT molecular complexity index is 693. The van der Waals surface area contributed by atoms with Crippen molar-refractivity contribution in [1.82, 2.24) is 0 Å². The number of benzene rings is 2. The number of hydrogen-bond donors (Lipinski definition) is 3. The average molecular weight is 327 g/mol. The second-order valence-electron chi connectivity index (χ2n) is 6.23. The summed E-state index contributed by atoms with van der Waals surface area (Å²) in [4.78, 5) is 12.0. The zero-order valence-electron chi connectivity index (χ0n) is 13.5. The van der Waals surface area contributed by atoms with Crippen LogP contribution in [0, 0.1) is 5.41 Å². The Morgan fingerprint density at radius 1 is 0.826 bits per heavy atom. The molecule has 0 bridgehead atoms. The molecule has 23 heavy (non-hydrogen) atoms. The van der Waals surface area contributed by atoms with E-state index in [1.54, 1.807) is 0 Å². The summed E-state index contributed by atoms with van der Waals surface area (Å²) in [7, 11) is 0. The lowest BCUT2D eigenvalue weighted by atomic mass is 9.95. The highest BCUT2D eigenvalue weighted by molar-refractivity contribution is 7.80. The molecular formula is C18H21N3OS. The van der Waals surface area contributed by atoms with Crippen LogP contribution in [-0.4, -0.2) is 11.0 Å². The first-order valence-electron chi connectivity index (χ1n) is 7.39. The van der Waals surface area contributed by atoms with Crippen molar-refractivity contribution >= 4 is 40.3 Å². The first-order valence-corrected chi connectivity index (χ1v) is 7.80. The van der Waals surface area contributed by atoms with E-state index in [9.17, 15) is 4.79 Å². The van der Waals surface area contributed by atoms with Crippen LogP contribution >= 0.6 is 12.2 Å². The SMILES string of the molecule is CC(C)(C)C(=O)Nc1cccc(NC(=S)Nc2ccccc2)c1. The zero-order chi connectivity index (χ0) is 16.9. The molecule has 2 aromatic rings. The topological polar surface area (TPSA) is 53.2 Å². The molecule has 0 unspecified atom stereocenters. The summed E-state index contributed by atoms with van der Waals surface area (Å²) in [6.45, 7) is 5.63. The predicted octanol–water partition coefficient (Wildman–Crippen LogP) is 4.48. The first-order chi connectivity index (χ1) is 10.8. The van der Waals surface area contributed by atoms with Crippen LogP contribution in [0.5, 0.6) is 0 Å². The fourth-order valence-corrected chi connectivity index (χ4v) is 2.04. The molecule has 2 aromatic carbocycles. The van der Waals surface area contributed by atoms with Gasteiger partial charge in [-0.05, 0) is 42.5 Å². The van der Waals surface area contributed by atoms with E-state index < -0.39 is 5.41 Å². The van der Waals surface area contributed by atoms with Crippen LogP contribution in [0.15, 0.2) is 54.6 Å². The summed E-state index contributed by atoms with van der Waals surface area (Å²) in [6.07, 6.45) is 0. The maximum atomic E-state index is 12.0. The molecule has 2 rings (SSSR count). The molecule has 0 aliphatic rings. The molecule has 0 aliphatic carbocycles. The van der Waals surface area contributed by atoms with Crippen LogP contribution in [0.4, 0.5) is 17.1 Å². The molecule has 0 aromatic heterocycles. The van der Waals surface area contributed by atoms with Crippen molar-refractivity contribution in [2.45, 2.75) is 20.8 Å². The molecule has 0 spiro atoms. The molecule has 0 saturated heterocycles. The van der Waals surface area contributed by atoms with Crippen molar-refractivity contribution in [3.05, 3.63) is 54.6 Å². The largest absolute Gasteiger partial charge is 0.332 e. The second-order valence-corrected chi connectivity index (χ2v) is 6.64. The summed E-state index contributed by atoms with van der Waals surface area (Å²) in [6, 6.07) is 17.2. The minimum atomic E-state index is -0.437. The summed E-state index contributed by atoms with van der Waals surface area (Å²) in [5.74, 6) is -0.0281. The maximum absolute atomic E-state index is 12.0. The number of anilines is 3. The van der Waals surface area contributed by atoms with Crippen LogP contribution in [0.3, 0.4) is 0 Å². The maximum Gasteiger partial charge on any atom is 0.229 e. The standard InChI is InChI=1S/C18H21N3OS/c1-18(2,3)16(22)19-14-10-7-11-15(12-14)21-17(23)20-13-8-5-4-6-9-13/h4-12H,1-3H3,(H,19,22)(H2,20,21,23). The molecule has 3 N–H and O–H groups in total. The van der Waals surface area contributed by atoms with E-state index in [0.717, 1.165) is 17.1 Å². The van der Waals surface area contributed by atoms with Gasteiger partial charge in [0.2, 0.25) is 5.91 Å². The minimum Gasteiger partial charge on any atom is -0.332 e. The van der Waals surface area contributed by atoms with Crippen LogP contribution in [0.2, 0.25) is 0 Å². The van der Waals surface area contributed by atoms with Gasteiger partial charge in [0.05, 0.1) is 0 Å². The van der Waals surface area contributed by atoms with Crippen molar-refractivity contribution in [2.24, 2.45) is 5.41 Å². The van der Waals surface area contributed by atoms with Crippen molar-refractivity contribution < 1.29 is 4.79 Å². The van der Waals surface area contributed by atoms with Gasteiger partial charge in [-0.1, -0.05) is 45.0 Å². The third-order valence-corrected chi connectivity index (χ3v) is 3.30. The van der Waals surface area contributed by atoms with Crippen molar-refractivity contribution in [3.63, 3.8) is 0 Å². The van der Waals surface area contributed by atoms with Gasteiger partial charge in [0.15, 0.2) is 5.11 Å². The minimum absolute atomic E-state index is 0.0281. The van der Waals surface area contributed by atoms with Gasteiger partial charge in [0.25, 0.3) is 0 Å². The Balaban J connectivity index is 2.00. The van der Waals surface area contributed by atoms with Crippen LogP contribution < -0.4 is 16.0 Å². The highest BCUT2D eigenvalue weighted by Crippen LogP contribution is 2.20. The normalized spacial score (nSPS) is 10.7. The van der Waals surface area contributed by atoms with Gasteiger partial charge in [-0.25, -0.2) is 0 Å².